The molecule has 10 nitrogen and oxygen atoms in total. The fourth-order valence-electron chi connectivity index (χ4n) is 2.72. The highest BCUT2D eigenvalue weighted by Crippen LogP contribution is 2.16. The van der Waals surface area contributed by atoms with Gasteiger partial charge in [-0.2, -0.15) is 5.10 Å². The lowest BCUT2D eigenvalue weighted by Gasteiger charge is -2.14. The molecule has 0 saturated carbocycles. The largest absolute Gasteiger partial charge is 0.463 e. The second-order valence-corrected chi connectivity index (χ2v) is 6.41. The molecule has 0 fully saturated rings. The highest BCUT2D eigenvalue weighted by Gasteiger charge is 2.16. The summed E-state index contributed by atoms with van der Waals surface area (Å²) in [5, 5.41) is 18.1. The fourth-order valence-corrected chi connectivity index (χ4v) is 2.72. The molecule has 0 aliphatic heterocycles. The van der Waals surface area contributed by atoms with Crippen molar-refractivity contribution in [3.63, 3.8) is 0 Å². The first kappa shape index (κ1) is 18.3. The third-order valence-electron chi connectivity index (χ3n) is 4.28. The third-order valence-corrected chi connectivity index (χ3v) is 4.28. The highest BCUT2D eigenvalue weighted by molar-refractivity contribution is 5.92. The van der Waals surface area contributed by atoms with E-state index in [1.165, 1.54) is 28.0 Å². The molecule has 0 aliphatic rings. The molecular formula is C19H17N7O3. The molecule has 4 aromatic rings. The molecule has 1 amide bonds. The lowest BCUT2D eigenvalue weighted by atomic mass is 10.1. The summed E-state index contributed by atoms with van der Waals surface area (Å²) in [5.41, 5.74) is 1.64. The van der Waals surface area contributed by atoms with Gasteiger partial charge in [-0.1, -0.05) is 6.92 Å². The number of rotatable bonds is 6. The van der Waals surface area contributed by atoms with Crippen molar-refractivity contribution in [2.45, 2.75) is 13.5 Å². The van der Waals surface area contributed by atoms with E-state index in [0.717, 1.165) is 5.69 Å². The Labute approximate surface area is 164 Å². The van der Waals surface area contributed by atoms with Gasteiger partial charge in [0.1, 0.15) is 12.0 Å². The summed E-state index contributed by atoms with van der Waals surface area (Å²) >= 11 is 0. The van der Waals surface area contributed by atoms with Crippen molar-refractivity contribution in [2.24, 2.45) is 5.92 Å². The second kappa shape index (κ2) is 7.89. The Bertz CT molecular complexity index is 1150. The third kappa shape index (κ3) is 4.10. The van der Waals surface area contributed by atoms with Gasteiger partial charge in [-0.25, -0.2) is 9.36 Å². The average Bonchev–Trinajstić information content (AvgIpc) is 3.44. The first-order valence-electron chi connectivity index (χ1n) is 8.86. The van der Waals surface area contributed by atoms with Crippen LogP contribution in [-0.2, 0) is 11.3 Å². The topological polar surface area (TPSA) is 121 Å². The number of carbonyl (C=O) groups excluding carboxylic acids is 1. The normalized spacial score (nSPS) is 11.9. The Morgan fingerprint density at radius 1 is 1.17 bits per heavy atom. The minimum absolute atomic E-state index is 0.141. The Hall–Kier alpha value is -4.08. The Kier molecular flexibility index (Phi) is 4.97. The number of carbonyl (C=O) groups is 1. The quantitative estimate of drug-likeness (QED) is 0.531. The maximum atomic E-state index is 12.5. The maximum absolute atomic E-state index is 12.5. The predicted molar refractivity (Wildman–Crippen MR) is 103 cm³/mol. The van der Waals surface area contributed by atoms with E-state index in [4.69, 9.17) is 4.42 Å². The number of nitrogens with one attached hydrogen (secondary N) is 1. The average molecular weight is 391 g/mol. The lowest BCUT2D eigenvalue weighted by Crippen LogP contribution is -2.31. The van der Waals surface area contributed by atoms with Gasteiger partial charge in [-0.05, 0) is 52.9 Å². The summed E-state index contributed by atoms with van der Waals surface area (Å²) in [5.74, 6) is -0.151. The molecular weight excluding hydrogens is 374 g/mol. The number of tetrazole rings is 1. The van der Waals surface area contributed by atoms with E-state index in [1.54, 1.807) is 49.4 Å². The molecule has 29 heavy (non-hydrogen) atoms. The molecule has 146 valence electrons. The number of hydrogen-bond donors (Lipinski definition) is 1. The van der Waals surface area contributed by atoms with Crippen LogP contribution in [0.2, 0.25) is 0 Å². The van der Waals surface area contributed by atoms with Gasteiger partial charge < -0.3 is 9.73 Å². The number of anilines is 1. The van der Waals surface area contributed by atoms with Gasteiger partial charge in [-0.3, -0.25) is 9.59 Å². The Balaban J connectivity index is 1.43. The van der Waals surface area contributed by atoms with Gasteiger partial charge >= 0.3 is 0 Å². The summed E-state index contributed by atoms with van der Waals surface area (Å²) in [7, 11) is 0. The van der Waals surface area contributed by atoms with Crippen LogP contribution in [0.15, 0.2) is 70.3 Å². The number of furan rings is 1. The van der Waals surface area contributed by atoms with Crippen molar-refractivity contribution in [3.05, 3.63) is 71.5 Å². The summed E-state index contributed by atoms with van der Waals surface area (Å²) in [6.45, 7) is 1.88. The van der Waals surface area contributed by atoms with E-state index in [9.17, 15) is 9.59 Å². The molecule has 1 unspecified atom stereocenters. The van der Waals surface area contributed by atoms with E-state index in [0.29, 0.717) is 17.1 Å². The van der Waals surface area contributed by atoms with Crippen LogP contribution in [0.4, 0.5) is 5.69 Å². The SMILES string of the molecule is CC(Cn1nc(-c2ccco2)ccc1=O)C(=O)Nc1ccc(-n2cnnn2)cc1. The smallest absolute Gasteiger partial charge is 0.266 e. The summed E-state index contributed by atoms with van der Waals surface area (Å²) in [6, 6.07) is 13.6. The molecule has 3 aromatic heterocycles. The monoisotopic (exact) mass is 391 g/mol. The minimum Gasteiger partial charge on any atom is -0.463 e. The van der Waals surface area contributed by atoms with Gasteiger partial charge in [0.05, 0.1) is 24.4 Å². The lowest BCUT2D eigenvalue weighted by molar-refractivity contribution is -0.119. The molecule has 10 heteroatoms. The molecule has 4 rings (SSSR count). The number of hydrogen-bond acceptors (Lipinski definition) is 7. The van der Waals surface area contributed by atoms with E-state index < -0.39 is 5.92 Å². The number of amides is 1. The van der Waals surface area contributed by atoms with E-state index in [2.05, 4.69) is 25.9 Å². The maximum Gasteiger partial charge on any atom is 0.266 e. The highest BCUT2D eigenvalue weighted by atomic mass is 16.3. The molecule has 1 atom stereocenters. The number of nitrogens with zero attached hydrogens (tertiary/aromatic N) is 6. The van der Waals surface area contributed by atoms with Crippen LogP contribution in [0.25, 0.3) is 17.1 Å². The molecule has 0 radical (unpaired) electrons. The second-order valence-electron chi connectivity index (χ2n) is 6.41. The van der Waals surface area contributed by atoms with Gasteiger partial charge in [0.25, 0.3) is 5.56 Å². The van der Waals surface area contributed by atoms with Crippen LogP contribution in [0, 0.1) is 5.92 Å². The summed E-state index contributed by atoms with van der Waals surface area (Å²) in [4.78, 5) is 24.7. The molecule has 1 N–H and O–H groups in total. The minimum atomic E-state index is -0.480. The van der Waals surface area contributed by atoms with Crippen LogP contribution in [0.5, 0.6) is 0 Å². The zero-order valence-electron chi connectivity index (χ0n) is 15.5. The van der Waals surface area contributed by atoms with Gasteiger partial charge in [0, 0.05) is 11.8 Å². The number of aromatic nitrogens is 6. The van der Waals surface area contributed by atoms with Crippen molar-refractivity contribution < 1.29 is 9.21 Å². The molecule has 0 spiro atoms. The van der Waals surface area contributed by atoms with Crippen molar-refractivity contribution >= 4 is 11.6 Å². The Morgan fingerprint density at radius 2 is 2.00 bits per heavy atom. The van der Waals surface area contributed by atoms with E-state index in [1.807, 2.05) is 0 Å². The van der Waals surface area contributed by atoms with Gasteiger partial charge in [-0.15, -0.1) is 5.10 Å². The van der Waals surface area contributed by atoms with Crippen molar-refractivity contribution in [3.8, 4) is 17.1 Å². The van der Waals surface area contributed by atoms with Crippen molar-refractivity contribution in [2.75, 3.05) is 5.32 Å². The summed E-state index contributed by atoms with van der Waals surface area (Å²) in [6.07, 6.45) is 3.02. The van der Waals surface area contributed by atoms with Crippen LogP contribution in [0.1, 0.15) is 6.92 Å². The van der Waals surface area contributed by atoms with E-state index >= 15 is 0 Å². The van der Waals surface area contributed by atoms with Gasteiger partial charge in [0.2, 0.25) is 5.91 Å². The first-order chi connectivity index (χ1) is 14.1. The van der Waals surface area contributed by atoms with Crippen molar-refractivity contribution in [1.29, 1.82) is 0 Å². The number of benzene rings is 1. The van der Waals surface area contributed by atoms with Crippen LogP contribution < -0.4 is 10.9 Å². The van der Waals surface area contributed by atoms with Crippen LogP contribution >= 0.6 is 0 Å². The molecule has 0 aliphatic carbocycles. The molecule has 1 aromatic carbocycles. The zero-order chi connectivity index (χ0) is 20.2. The van der Waals surface area contributed by atoms with E-state index in [-0.39, 0.29) is 18.0 Å². The van der Waals surface area contributed by atoms with Crippen LogP contribution in [-0.4, -0.2) is 35.9 Å². The fraction of sp³-hybridized carbons (Fsp3) is 0.158. The van der Waals surface area contributed by atoms with Crippen molar-refractivity contribution in [1.82, 2.24) is 30.0 Å². The predicted octanol–water partition coefficient (Wildman–Crippen LogP) is 1.75. The Morgan fingerprint density at radius 3 is 2.69 bits per heavy atom. The van der Waals surface area contributed by atoms with Gasteiger partial charge in [0.15, 0.2) is 5.76 Å². The summed E-state index contributed by atoms with van der Waals surface area (Å²) < 4.78 is 8.09. The zero-order valence-corrected chi connectivity index (χ0v) is 15.5. The molecule has 0 saturated heterocycles. The molecule has 3 heterocycles. The first-order valence-corrected chi connectivity index (χ1v) is 8.86. The molecule has 0 bridgehead atoms. The van der Waals surface area contributed by atoms with Crippen LogP contribution in [0.3, 0.4) is 0 Å². The standard InChI is InChI=1S/C19H17N7O3/c1-13(11-25-18(27)9-8-16(22-25)17-3-2-10-29-17)19(28)21-14-4-6-15(7-5-14)26-12-20-23-24-26/h2-10,12-13H,11H2,1H3,(H,21,28).